The zero-order chi connectivity index (χ0) is 23.0. The van der Waals surface area contributed by atoms with E-state index in [1.165, 1.54) is 44.6 Å². The first-order chi connectivity index (χ1) is 14.8. The molecule has 0 N–H and O–H groups in total. The lowest BCUT2D eigenvalue weighted by Gasteiger charge is -2.11. The molecule has 31 heavy (non-hydrogen) atoms. The van der Waals surface area contributed by atoms with Crippen molar-refractivity contribution in [3.63, 3.8) is 0 Å². The molecule has 0 aliphatic rings. The van der Waals surface area contributed by atoms with Crippen LogP contribution in [0.1, 0.15) is 15.9 Å². The van der Waals surface area contributed by atoms with Crippen LogP contribution in [0, 0.1) is 5.82 Å². The lowest BCUT2D eigenvalue weighted by Crippen LogP contribution is -2.04. The molecule has 0 aliphatic carbocycles. The summed E-state index contributed by atoms with van der Waals surface area (Å²) >= 11 is 11.8. The Kier molecular flexibility index (Phi) is 8.97. The number of rotatable bonds is 6. The Morgan fingerprint density at radius 3 is 1.84 bits per heavy atom. The minimum atomic E-state index is -0.402. The van der Waals surface area contributed by atoms with Gasteiger partial charge in [-0.05, 0) is 42.5 Å². The van der Waals surface area contributed by atoms with E-state index in [1.807, 2.05) is 0 Å². The SMILES string of the molecule is COc1cc(OC)c(C(=O)c2ccc(F)cc2)cc1Cl.COc1ccc(Cl)c(OC)c1. The van der Waals surface area contributed by atoms with Gasteiger partial charge in [-0.15, -0.1) is 0 Å². The Hall–Kier alpha value is -2.96. The largest absolute Gasteiger partial charge is 0.497 e. The number of ketones is 1. The molecule has 3 rings (SSSR count). The van der Waals surface area contributed by atoms with Crippen LogP contribution in [-0.4, -0.2) is 34.2 Å². The van der Waals surface area contributed by atoms with Crippen LogP contribution in [0.5, 0.6) is 23.0 Å². The molecule has 164 valence electrons. The molecule has 0 aromatic heterocycles. The minimum Gasteiger partial charge on any atom is -0.497 e. The van der Waals surface area contributed by atoms with Crippen molar-refractivity contribution >= 4 is 29.0 Å². The number of hydrogen-bond donors (Lipinski definition) is 0. The van der Waals surface area contributed by atoms with Gasteiger partial charge >= 0.3 is 0 Å². The number of hydrogen-bond acceptors (Lipinski definition) is 5. The zero-order valence-corrected chi connectivity index (χ0v) is 18.9. The van der Waals surface area contributed by atoms with Crippen molar-refractivity contribution < 1.29 is 28.1 Å². The molecule has 0 amide bonds. The maximum Gasteiger partial charge on any atom is 0.196 e. The Bertz CT molecular complexity index is 1040. The van der Waals surface area contributed by atoms with Gasteiger partial charge in [-0.25, -0.2) is 4.39 Å². The third-order valence-electron chi connectivity index (χ3n) is 4.18. The third-order valence-corrected chi connectivity index (χ3v) is 4.79. The highest BCUT2D eigenvalue weighted by atomic mass is 35.5. The summed E-state index contributed by atoms with van der Waals surface area (Å²) in [4.78, 5) is 12.4. The first-order valence-corrected chi connectivity index (χ1v) is 9.69. The Morgan fingerprint density at radius 1 is 0.710 bits per heavy atom. The van der Waals surface area contributed by atoms with E-state index in [-0.39, 0.29) is 5.78 Å². The molecular formula is C23H21Cl2FO5. The fourth-order valence-corrected chi connectivity index (χ4v) is 3.00. The van der Waals surface area contributed by atoms with Crippen molar-refractivity contribution in [2.24, 2.45) is 0 Å². The summed E-state index contributed by atoms with van der Waals surface area (Å²) in [5, 5.41) is 0.895. The van der Waals surface area contributed by atoms with Crippen LogP contribution in [0.15, 0.2) is 54.6 Å². The van der Waals surface area contributed by atoms with E-state index < -0.39 is 5.82 Å². The van der Waals surface area contributed by atoms with E-state index in [0.29, 0.717) is 38.4 Å². The molecule has 0 saturated carbocycles. The highest BCUT2D eigenvalue weighted by molar-refractivity contribution is 6.33. The van der Waals surface area contributed by atoms with Crippen LogP contribution in [0.4, 0.5) is 4.39 Å². The summed E-state index contributed by atoms with van der Waals surface area (Å²) in [7, 11) is 6.09. The Morgan fingerprint density at radius 2 is 1.29 bits per heavy atom. The predicted octanol–water partition coefficient (Wildman–Crippen LogP) is 6.08. The quantitative estimate of drug-likeness (QED) is 0.411. The maximum atomic E-state index is 12.9. The normalized spacial score (nSPS) is 9.90. The van der Waals surface area contributed by atoms with Gasteiger partial charge in [-0.3, -0.25) is 4.79 Å². The van der Waals surface area contributed by atoms with Crippen LogP contribution in [-0.2, 0) is 0 Å². The molecule has 0 radical (unpaired) electrons. The average Bonchev–Trinajstić information content (AvgIpc) is 2.79. The minimum absolute atomic E-state index is 0.296. The summed E-state index contributed by atoms with van der Waals surface area (Å²) in [6.45, 7) is 0. The van der Waals surface area contributed by atoms with Crippen LogP contribution in [0.25, 0.3) is 0 Å². The number of halogens is 3. The van der Waals surface area contributed by atoms with Crippen molar-refractivity contribution in [1.82, 2.24) is 0 Å². The fourth-order valence-electron chi connectivity index (χ4n) is 2.56. The molecule has 0 fully saturated rings. The number of carbonyl (C=O) groups excluding carboxylic acids is 1. The first kappa shape index (κ1) is 24.3. The lowest BCUT2D eigenvalue weighted by atomic mass is 10.0. The van der Waals surface area contributed by atoms with E-state index in [2.05, 4.69) is 0 Å². The summed E-state index contributed by atoms with van der Waals surface area (Å²) in [6, 6.07) is 13.6. The van der Waals surface area contributed by atoms with Gasteiger partial charge in [0.25, 0.3) is 0 Å². The van der Waals surface area contributed by atoms with Crippen molar-refractivity contribution in [1.29, 1.82) is 0 Å². The van der Waals surface area contributed by atoms with E-state index in [9.17, 15) is 9.18 Å². The Labute approximate surface area is 190 Å². The summed E-state index contributed by atoms with van der Waals surface area (Å²) < 4.78 is 33.1. The molecule has 3 aromatic rings. The average molecular weight is 467 g/mol. The van der Waals surface area contributed by atoms with E-state index >= 15 is 0 Å². The molecule has 0 spiro atoms. The van der Waals surface area contributed by atoms with Crippen molar-refractivity contribution in [2.75, 3.05) is 28.4 Å². The summed E-state index contributed by atoms with van der Waals surface area (Å²) in [6.07, 6.45) is 0. The number of ether oxygens (including phenoxy) is 4. The van der Waals surface area contributed by atoms with Gasteiger partial charge in [-0.1, -0.05) is 23.2 Å². The second kappa shape index (κ2) is 11.4. The smallest absolute Gasteiger partial charge is 0.196 e. The Balaban J connectivity index is 0.000000262. The van der Waals surface area contributed by atoms with Crippen LogP contribution < -0.4 is 18.9 Å². The first-order valence-electron chi connectivity index (χ1n) is 8.93. The van der Waals surface area contributed by atoms with E-state index in [4.69, 9.17) is 42.1 Å². The molecule has 0 unspecified atom stereocenters. The van der Waals surface area contributed by atoms with Crippen LogP contribution >= 0.6 is 23.2 Å². The van der Waals surface area contributed by atoms with Gasteiger partial charge < -0.3 is 18.9 Å². The topological polar surface area (TPSA) is 54.0 Å². The standard InChI is InChI=1S/C15H12ClFO3.C8H9ClO2/c1-19-13-8-14(20-2)12(16)7-11(13)15(18)9-3-5-10(17)6-4-9;1-10-6-3-4-7(9)8(5-6)11-2/h3-8H,1-2H3;3-5H,1-2H3. The molecule has 0 saturated heterocycles. The molecular weight excluding hydrogens is 446 g/mol. The number of methoxy groups -OCH3 is 4. The monoisotopic (exact) mass is 466 g/mol. The highest BCUT2D eigenvalue weighted by Crippen LogP contribution is 2.33. The van der Waals surface area contributed by atoms with Gasteiger partial charge in [0.05, 0.1) is 44.0 Å². The van der Waals surface area contributed by atoms with Crippen LogP contribution in [0.2, 0.25) is 10.0 Å². The zero-order valence-electron chi connectivity index (χ0n) is 17.4. The van der Waals surface area contributed by atoms with Crippen molar-refractivity contribution in [3.8, 4) is 23.0 Å². The molecule has 5 nitrogen and oxygen atoms in total. The molecule has 0 aliphatic heterocycles. The van der Waals surface area contributed by atoms with Gasteiger partial charge in [0.1, 0.15) is 28.8 Å². The molecule has 3 aromatic carbocycles. The lowest BCUT2D eigenvalue weighted by molar-refractivity contribution is 0.103. The van der Waals surface area contributed by atoms with E-state index in [1.54, 1.807) is 38.5 Å². The molecule has 0 bridgehead atoms. The van der Waals surface area contributed by atoms with E-state index in [0.717, 1.165) is 5.75 Å². The van der Waals surface area contributed by atoms with Crippen molar-refractivity contribution in [2.45, 2.75) is 0 Å². The summed E-state index contributed by atoms with van der Waals surface area (Å²) in [5.41, 5.74) is 0.649. The second-order valence-electron chi connectivity index (χ2n) is 6.02. The number of benzene rings is 3. The van der Waals surface area contributed by atoms with Crippen molar-refractivity contribution in [3.05, 3.63) is 81.6 Å². The van der Waals surface area contributed by atoms with Gasteiger partial charge in [0.15, 0.2) is 5.78 Å². The van der Waals surface area contributed by atoms with Gasteiger partial charge in [-0.2, -0.15) is 0 Å². The summed E-state index contributed by atoms with van der Waals surface area (Å²) in [5.74, 6) is 1.43. The molecule has 0 atom stereocenters. The molecule has 8 heteroatoms. The van der Waals surface area contributed by atoms with Gasteiger partial charge in [0.2, 0.25) is 0 Å². The fraction of sp³-hybridized carbons (Fsp3) is 0.174. The highest BCUT2D eigenvalue weighted by Gasteiger charge is 2.18. The maximum absolute atomic E-state index is 12.9. The third kappa shape index (κ3) is 6.26. The number of carbonyl (C=O) groups is 1. The van der Waals surface area contributed by atoms with Gasteiger partial charge in [0, 0.05) is 17.7 Å². The predicted molar refractivity (Wildman–Crippen MR) is 119 cm³/mol. The van der Waals surface area contributed by atoms with Crippen LogP contribution in [0.3, 0.4) is 0 Å². The second-order valence-corrected chi connectivity index (χ2v) is 6.84. The molecule has 0 heterocycles.